The maximum Gasteiger partial charge on any atom is 0.191 e. The monoisotopic (exact) mass is 367 g/mol. The lowest BCUT2D eigenvalue weighted by Gasteiger charge is -2.20. The summed E-state index contributed by atoms with van der Waals surface area (Å²) in [6, 6.07) is 4.05. The number of hydrogen-bond donors (Lipinski definition) is 2. The van der Waals surface area contributed by atoms with Crippen LogP contribution in [-0.2, 0) is 6.54 Å². The molecule has 0 aromatic heterocycles. The number of benzene rings is 1. The van der Waals surface area contributed by atoms with E-state index in [1.807, 2.05) is 12.1 Å². The lowest BCUT2D eigenvalue weighted by molar-refractivity contribution is 0.170. The molecule has 0 bridgehead atoms. The summed E-state index contributed by atoms with van der Waals surface area (Å²) in [7, 11) is 0. The van der Waals surface area contributed by atoms with Crippen LogP contribution in [0.2, 0.25) is 0 Å². The number of guanidine groups is 1. The first-order chi connectivity index (χ1) is 10.8. The van der Waals surface area contributed by atoms with E-state index in [2.05, 4.69) is 38.5 Å². The second-order valence-corrected chi connectivity index (χ2v) is 6.48. The molecular formula is C16H22BrN3O2. The quantitative estimate of drug-likeness (QED) is 0.620. The summed E-state index contributed by atoms with van der Waals surface area (Å²) in [5.41, 5.74) is 1.10. The van der Waals surface area contributed by atoms with Crippen molar-refractivity contribution >= 4 is 21.9 Å². The van der Waals surface area contributed by atoms with E-state index in [0.717, 1.165) is 46.5 Å². The molecule has 3 rings (SSSR count). The first-order valence-corrected chi connectivity index (χ1v) is 8.65. The number of rotatable bonds is 5. The first-order valence-electron chi connectivity index (χ1n) is 7.86. The Morgan fingerprint density at radius 2 is 2.09 bits per heavy atom. The molecule has 1 heterocycles. The van der Waals surface area contributed by atoms with Gasteiger partial charge >= 0.3 is 0 Å². The van der Waals surface area contributed by atoms with E-state index >= 15 is 0 Å². The van der Waals surface area contributed by atoms with E-state index in [-0.39, 0.29) is 0 Å². The molecule has 1 aliphatic heterocycles. The van der Waals surface area contributed by atoms with Crippen LogP contribution >= 0.6 is 15.9 Å². The van der Waals surface area contributed by atoms with Crippen molar-refractivity contribution in [2.75, 3.05) is 26.3 Å². The first kappa shape index (κ1) is 15.5. The van der Waals surface area contributed by atoms with Crippen LogP contribution in [0.1, 0.15) is 25.3 Å². The molecule has 0 spiro atoms. The molecule has 5 nitrogen and oxygen atoms in total. The van der Waals surface area contributed by atoms with Crippen molar-refractivity contribution in [3.05, 3.63) is 22.2 Å². The van der Waals surface area contributed by atoms with Gasteiger partial charge in [0.15, 0.2) is 17.5 Å². The standard InChI is InChI=1S/C16H22BrN3O2/c1-2-18-16(19-9-11-3-4-11)20-10-12-7-13(17)15-14(8-12)21-5-6-22-15/h7-8,11H,2-6,9-10H2,1H3,(H2,18,19,20). The number of fused-ring (bicyclic) bond motifs is 1. The maximum atomic E-state index is 5.65. The number of halogens is 1. The van der Waals surface area contributed by atoms with Crippen molar-refractivity contribution in [1.29, 1.82) is 0 Å². The fourth-order valence-electron chi connectivity index (χ4n) is 2.33. The van der Waals surface area contributed by atoms with E-state index < -0.39 is 0 Å². The number of ether oxygens (including phenoxy) is 2. The van der Waals surface area contributed by atoms with Crippen molar-refractivity contribution in [3.8, 4) is 11.5 Å². The predicted octanol–water partition coefficient (Wildman–Crippen LogP) is 2.69. The minimum absolute atomic E-state index is 0.595. The molecule has 1 fully saturated rings. The van der Waals surface area contributed by atoms with Crippen molar-refractivity contribution in [1.82, 2.24) is 10.6 Å². The summed E-state index contributed by atoms with van der Waals surface area (Å²) in [6.45, 7) is 5.75. The van der Waals surface area contributed by atoms with E-state index in [0.29, 0.717) is 19.8 Å². The SMILES string of the molecule is CCNC(=NCc1cc(Br)c2c(c1)OCCO2)NCC1CC1. The average Bonchev–Trinajstić information content (AvgIpc) is 3.34. The average molecular weight is 368 g/mol. The van der Waals surface area contributed by atoms with Crippen LogP contribution in [0.15, 0.2) is 21.6 Å². The maximum absolute atomic E-state index is 5.65. The summed E-state index contributed by atoms with van der Waals surface area (Å²) in [5, 5.41) is 6.69. The Hall–Kier alpha value is -1.43. The number of nitrogens with zero attached hydrogens (tertiary/aromatic N) is 1. The Kier molecular flexibility index (Phi) is 5.08. The third-order valence-corrected chi connectivity index (χ3v) is 4.26. The fraction of sp³-hybridized carbons (Fsp3) is 0.562. The van der Waals surface area contributed by atoms with Crippen molar-refractivity contribution < 1.29 is 9.47 Å². The second-order valence-electron chi connectivity index (χ2n) is 5.62. The Morgan fingerprint density at radius 3 is 2.86 bits per heavy atom. The highest BCUT2D eigenvalue weighted by Gasteiger charge is 2.21. The van der Waals surface area contributed by atoms with Gasteiger partial charge in [-0.25, -0.2) is 4.99 Å². The Bertz CT molecular complexity index is 559. The molecule has 6 heteroatoms. The predicted molar refractivity (Wildman–Crippen MR) is 90.7 cm³/mol. The molecule has 2 N–H and O–H groups in total. The Balaban J connectivity index is 1.67. The molecule has 22 heavy (non-hydrogen) atoms. The van der Waals surface area contributed by atoms with Gasteiger partial charge in [0.05, 0.1) is 11.0 Å². The highest BCUT2D eigenvalue weighted by molar-refractivity contribution is 9.10. The van der Waals surface area contributed by atoms with E-state index in [1.165, 1.54) is 12.8 Å². The van der Waals surface area contributed by atoms with Crippen LogP contribution in [0.5, 0.6) is 11.5 Å². The summed E-state index contributed by atoms with van der Waals surface area (Å²) in [5.74, 6) is 3.28. The Morgan fingerprint density at radius 1 is 1.27 bits per heavy atom. The van der Waals surface area contributed by atoms with Gasteiger partial charge in [0, 0.05) is 13.1 Å². The van der Waals surface area contributed by atoms with Crippen molar-refractivity contribution in [2.24, 2.45) is 10.9 Å². The van der Waals surface area contributed by atoms with Crippen LogP contribution in [0.4, 0.5) is 0 Å². The summed E-state index contributed by atoms with van der Waals surface area (Å²) in [4.78, 5) is 4.65. The zero-order chi connectivity index (χ0) is 15.4. The third-order valence-electron chi connectivity index (χ3n) is 3.68. The molecule has 0 radical (unpaired) electrons. The smallest absolute Gasteiger partial charge is 0.191 e. The normalized spacial score (nSPS) is 17.3. The number of aliphatic imine (C=N–C) groups is 1. The largest absolute Gasteiger partial charge is 0.486 e. The van der Waals surface area contributed by atoms with Gasteiger partial charge < -0.3 is 20.1 Å². The highest BCUT2D eigenvalue weighted by atomic mass is 79.9. The molecule has 1 aliphatic carbocycles. The van der Waals surface area contributed by atoms with Gasteiger partial charge in [-0.3, -0.25) is 0 Å². The number of hydrogen-bond acceptors (Lipinski definition) is 3. The minimum Gasteiger partial charge on any atom is -0.486 e. The van der Waals surface area contributed by atoms with E-state index in [9.17, 15) is 0 Å². The summed E-state index contributed by atoms with van der Waals surface area (Å²) in [6.07, 6.45) is 2.67. The second kappa shape index (κ2) is 7.22. The van der Waals surface area contributed by atoms with Crippen LogP contribution < -0.4 is 20.1 Å². The summed E-state index contributed by atoms with van der Waals surface area (Å²) < 4.78 is 12.2. The molecule has 0 atom stereocenters. The van der Waals surface area contributed by atoms with Crippen LogP contribution in [0.3, 0.4) is 0 Å². The zero-order valence-corrected chi connectivity index (χ0v) is 14.4. The van der Waals surface area contributed by atoms with Crippen LogP contribution in [-0.4, -0.2) is 32.3 Å². The molecule has 120 valence electrons. The lowest BCUT2D eigenvalue weighted by atomic mass is 10.2. The third kappa shape index (κ3) is 4.06. The molecule has 1 aromatic rings. The van der Waals surface area contributed by atoms with Gasteiger partial charge in [0.2, 0.25) is 0 Å². The molecule has 0 saturated heterocycles. The van der Waals surface area contributed by atoms with Gasteiger partial charge in [0.25, 0.3) is 0 Å². The van der Waals surface area contributed by atoms with E-state index in [1.54, 1.807) is 0 Å². The van der Waals surface area contributed by atoms with Gasteiger partial charge in [-0.15, -0.1) is 0 Å². The molecule has 0 unspecified atom stereocenters. The van der Waals surface area contributed by atoms with Crippen molar-refractivity contribution in [2.45, 2.75) is 26.3 Å². The van der Waals surface area contributed by atoms with E-state index in [4.69, 9.17) is 9.47 Å². The fourth-order valence-corrected chi connectivity index (χ4v) is 2.93. The van der Waals surface area contributed by atoms with Crippen molar-refractivity contribution in [3.63, 3.8) is 0 Å². The van der Waals surface area contributed by atoms with Crippen LogP contribution in [0.25, 0.3) is 0 Å². The Labute approximate surface area is 139 Å². The summed E-state index contributed by atoms with van der Waals surface area (Å²) >= 11 is 3.54. The van der Waals surface area contributed by atoms with Crippen LogP contribution in [0, 0.1) is 5.92 Å². The lowest BCUT2D eigenvalue weighted by Crippen LogP contribution is -2.38. The minimum atomic E-state index is 0.595. The molecule has 0 amide bonds. The highest BCUT2D eigenvalue weighted by Crippen LogP contribution is 2.38. The topological polar surface area (TPSA) is 54.9 Å². The molecule has 2 aliphatic rings. The van der Waals surface area contributed by atoms with Gasteiger partial charge in [-0.1, -0.05) is 0 Å². The van der Waals surface area contributed by atoms with Gasteiger partial charge in [0.1, 0.15) is 13.2 Å². The van der Waals surface area contributed by atoms with Gasteiger partial charge in [-0.2, -0.15) is 0 Å². The molecular weight excluding hydrogens is 346 g/mol. The molecule has 1 aromatic carbocycles. The van der Waals surface area contributed by atoms with Gasteiger partial charge in [-0.05, 0) is 59.3 Å². The number of nitrogens with one attached hydrogen (secondary N) is 2. The zero-order valence-electron chi connectivity index (χ0n) is 12.8. The molecule has 1 saturated carbocycles.